The van der Waals surface area contributed by atoms with E-state index in [0.29, 0.717) is 16.8 Å². The van der Waals surface area contributed by atoms with Crippen molar-refractivity contribution in [2.24, 2.45) is 0 Å². The van der Waals surface area contributed by atoms with Gasteiger partial charge in [-0.05, 0) is 44.5 Å². The number of nitrogens with zero attached hydrogens (tertiary/aromatic N) is 4. The monoisotopic (exact) mass is 403 g/mol. The first-order valence-corrected chi connectivity index (χ1v) is 10.5. The van der Waals surface area contributed by atoms with Crippen LogP contribution in [0, 0.1) is 13.8 Å². The Morgan fingerprint density at radius 2 is 1.78 bits per heavy atom. The predicted molar refractivity (Wildman–Crippen MR) is 116 cm³/mol. The molecule has 1 fully saturated rings. The number of aromatic nitrogens is 2. The van der Waals surface area contributed by atoms with Gasteiger partial charge in [-0.3, -0.25) is 0 Å². The second-order valence-corrected chi connectivity index (χ2v) is 7.56. The van der Waals surface area contributed by atoms with Crippen molar-refractivity contribution in [3.05, 3.63) is 35.7 Å². The number of piperazine rings is 1. The molecule has 8 heteroatoms. The zero-order chi connectivity index (χ0) is 19.4. The largest absolute Gasteiger partial charge is 0.478 e. The van der Waals surface area contributed by atoms with Gasteiger partial charge in [0.2, 0.25) is 0 Å². The minimum atomic E-state index is 0.466. The minimum absolute atomic E-state index is 0.466. The smallest absolute Gasteiger partial charge is 0.257 e. The molecule has 0 unspecified atom stereocenters. The molecule has 2 heterocycles. The van der Waals surface area contributed by atoms with Crippen molar-refractivity contribution < 1.29 is 4.74 Å². The highest BCUT2D eigenvalue weighted by Gasteiger charge is 2.22. The van der Waals surface area contributed by atoms with Gasteiger partial charge in [0.05, 0.1) is 24.2 Å². The van der Waals surface area contributed by atoms with E-state index < -0.39 is 0 Å². The molecule has 0 atom stereocenters. The fourth-order valence-corrected chi connectivity index (χ4v) is 3.93. The van der Waals surface area contributed by atoms with Gasteiger partial charge in [0.1, 0.15) is 0 Å². The van der Waals surface area contributed by atoms with Crippen LogP contribution in [0.4, 0.5) is 11.5 Å². The Morgan fingerprint density at radius 1 is 1.11 bits per heavy atom. The third-order valence-electron chi connectivity index (χ3n) is 4.69. The van der Waals surface area contributed by atoms with Gasteiger partial charge in [-0.2, -0.15) is 0 Å². The standard InChI is InChI=1S/C19H25N5OS2/c1-13-14(2)21-18(25-3)17(20-13)22-19(26)24-11-9-23(10-12-24)15-7-5-6-8-16(15)27-4/h5-8H,9-12H2,1-4H3,(H,20,22,26). The Balaban J connectivity index is 1.65. The van der Waals surface area contributed by atoms with Crippen molar-refractivity contribution in [3.8, 4) is 5.88 Å². The van der Waals surface area contributed by atoms with E-state index >= 15 is 0 Å². The van der Waals surface area contributed by atoms with Gasteiger partial charge in [0.15, 0.2) is 10.9 Å². The molecular formula is C19H25N5OS2. The van der Waals surface area contributed by atoms with Gasteiger partial charge < -0.3 is 19.9 Å². The van der Waals surface area contributed by atoms with Crippen LogP contribution in [-0.2, 0) is 0 Å². The highest BCUT2D eigenvalue weighted by molar-refractivity contribution is 7.98. The lowest BCUT2D eigenvalue weighted by Gasteiger charge is -2.38. The molecule has 0 radical (unpaired) electrons. The molecule has 1 N–H and O–H groups in total. The number of thiocarbonyl (C=S) groups is 1. The molecule has 3 rings (SSSR count). The Labute approximate surface area is 170 Å². The van der Waals surface area contributed by atoms with Gasteiger partial charge in [0, 0.05) is 31.1 Å². The molecule has 0 bridgehead atoms. The maximum atomic E-state index is 5.61. The van der Waals surface area contributed by atoms with Crippen LogP contribution in [0.25, 0.3) is 0 Å². The SMILES string of the molecule is COc1nc(C)c(C)nc1NC(=S)N1CCN(c2ccccc2SC)CC1. The maximum absolute atomic E-state index is 5.61. The molecule has 0 aliphatic carbocycles. The maximum Gasteiger partial charge on any atom is 0.257 e. The first-order valence-electron chi connectivity index (χ1n) is 8.86. The zero-order valence-electron chi connectivity index (χ0n) is 16.2. The first-order chi connectivity index (χ1) is 13.0. The number of benzene rings is 1. The molecule has 1 saturated heterocycles. The fourth-order valence-electron chi connectivity index (χ4n) is 3.03. The van der Waals surface area contributed by atoms with Crippen LogP contribution in [0.2, 0.25) is 0 Å². The van der Waals surface area contributed by atoms with Gasteiger partial charge >= 0.3 is 0 Å². The summed E-state index contributed by atoms with van der Waals surface area (Å²) in [5.41, 5.74) is 3.01. The molecule has 0 amide bonds. The van der Waals surface area contributed by atoms with E-state index in [1.807, 2.05) is 13.8 Å². The van der Waals surface area contributed by atoms with E-state index in [-0.39, 0.29) is 0 Å². The summed E-state index contributed by atoms with van der Waals surface area (Å²) in [6.45, 7) is 7.41. The van der Waals surface area contributed by atoms with Gasteiger partial charge in [-0.15, -0.1) is 11.8 Å². The van der Waals surface area contributed by atoms with E-state index in [4.69, 9.17) is 17.0 Å². The second-order valence-electron chi connectivity index (χ2n) is 6.33. The summed E-state index contributed by atoms with van der Waals surface area (Å²) in [4.78, 5) is 14.9. The van der Waals surface area contributed by atoms with Crippen LogP contribution >= 0.6 is 24.0 Å². The molecule has 0 saturated carbocycles. The Hall–Kier alpha value is -2.06. The number of thioether (sulfide) groups is 1. The predicted octanol–water partition coefficient (Wildman–Crippen LogP) is 3.34. The molecule has 144 valence electrons. The first kappa shape index (κ1) is 19.7. The van der Waals surface area contributed by atoms with E-state index in [9.17, 15) is 0 Å². The lowest BCUT2D eigenvalue weighted by Crippen LogP contribution is -2.50. The number of aryl methyl sites for hydroxylation is 2. The van der Waals surface area contributed by atoms with Crippen LogP contribution in [0.3, 0.4) is 0 Å². The number of hydrogen-bond donors (Lipinski definition) is 1. The van der Waals surface area contributed by atoms with E-state index in [2.05, 4.69) is 55.6 Å². The number of hydrogen-bond acceptors (Lipinski definition) is 6. The lowest BCUT2D eigenvalue weighted by atomic mass is 10.2. The van der Waals surface area contributed by atoms with Crippen LogP contribution in [0.15, 0.2) is 29.2 Å². The van der Waals surface area contributed by atoms with E-state index in [1.54, 1.807) is 18.9 Å². The fraction of sp³-hybridized carbons (Fsp3) is 0.421. The van der Waals surface area contributed by atoms with Crippen molar-refractivity contribution in [3.63, 3.8) is 0 Å². The minimum Gasteiger partial charge on any atom is -0.478 e. The average molecular weight is 404 g/mol. The van der Waals surface area contributed by atoms with Crippen molar-refractivity contribution in [1.82, 2.24) is 14.9 Å². The van der Waals surface area contributed by atoms with Crippen LogP contribution in [-0.4, -0.2) is 59.5 Å². The quantitative estimate of drug-likeness (QED) is 0.616. The molecular weight excluding hydrogens is 378 g/mol. The van der Waals surface area contributed by atoms with Gasteiger partial charge in [0.25, 0.3) is 5.88 Å². The highest BCUT2D eigenvalue weighted by Crippen LogP contribution is 2.29. The number of para-hydroxylation sites is 1. The summed E-state index contributed by atoms with van der Waals surface area (Å²) in [5.74, 6) is 1.04. The molecule has 1 aromatic heterocycles. The summed E-state index contributed by atoms with van der Waals surface area (Å²) in [6, 6.07) is 8.54. The number of anilines is 2. The summed E-state index contributed by atoms with van der Waals surface area (Å²) in [6.07, 6.45) is 2.12. The van der Waals surface area contributed by atoms with Crippen molar-refractivity contribution in [1.29, 1.82) is 0 Å². The zero-order valence-corrected chi connectivity index (χ0v) is 17.8. The topological polar surface area (TPSA) is 53.5 Å². The summed E-state index contributed by atoms with van der Waals surface area (Å²) < 4.78 is 5.34. The Kier molecular flexibility index (Phi) is 6.38. The van der Waals surface area contributed by atoms with Gasteiger partial charge in [-0.1, -0.05) is 12.1 Å². The Morgan fingerprint density at radius 3 is 2.44 bits per heavy atom. The molecule has 1 aliphatic rings. The van der Waals surface area contributed by atoms with Crippen LogP contribution in [0.1, 0.15) is 11.4 Å². The van der Waals surface area contributed by atoms with Crippen LogP contribution in [0.5, 0.6) is 5.88 Å². The molecule has 1 aromatic carbocycles. The van der Waals surface area contributed by atoms with Crippen molar-refractivity contribution in [2.45, 2.75) is 18.7 Å². The molecule has 2 aromatic rings. The average Bonchev–Trinajstić information content (AvgIpc) is 2.70. The van der Waals surface area contributed by atoms with Crippen molar-refractivity contribution >= 4 is 40.6 Å². The number of nitrogens with one attached hydrogen (secondary N) is 1. The number of rotatable bonds is 4. The molecule has 1 aliphatic heterocycles. The van der Waals surface area contributed by atoms with Crippen LogP contribution < -0.4 is 15.0 Å². The lowest BCUT2D eigenvalue weighted by molar-refractivity contribution is 0.387. The van der Waals surface area contributed by atoms with E-state index in [0.717, 1.165) is 37.6 Å². The summed E-state index contributed by atoms with van der Waals surface area (Å²) in [5, 5.41) is 3.87. The Bertz CT molecular complexity index is 822. The van der Waals surface area contributed by atoms with E-state index in [1.165, 1.54) is 10.6 Å². The third kappa shape index (κ3) is 4.44. The summed E-state index contributed by atoms with van der Waals surface area (Å²) >= 11 is 7.39. The molecule has 6 nitrogen and oxygen atoms in total. The number of ether oxygens (including phenoxy) is 1. The second kappa shape index (κ2) is 8.75. The van der Waals surface area contributed by atoms with Gasteiger partial charge in [-0.25, -0.2) is 9.97 Å². The highest BCUT2D eigenvalue weighted by atomic mass is 32.2. The normalized spacial score (nSPS) is 14.2. The third-order valence-corrected chi connectivity index (χ3v) is 5.83. The molecule has 0 spiro atoms. The molecule has 27 heavy (non-hydrogen) atoms. The number of methoxy groups -OCH3 is 1. The summed E-state index contributed by atoms with van der Waals surface area (Å²) in [7, 11) is 1.59. The van der Waals surface area contributed by atoms with Crippen molar-refractivity contribution in [2.75, 3.05) is 49.8 Å².